The van der Waals surface area contributed by atoms with Crippen LogP contribution in [0.2, 0.25) is 5.02 Å². The van der Waals surface area contributed by atoms with Crippen LogP contribution in [0.25, 0.3) is 0 Å². The van der Waals surface area contributed by atoms with Gasteiger partial charge in [0, 0.05) is 13.1 Å². The van der Waals surface area contributed by atoms with Gasteiger partial charge in [-0.2, -0.15) is 0 Å². The van der Waals surface area contributed by atoms with E-state index < -0.39 is 5.82 Å². The van der Waals surface area contributed by atoms with Gasteiger partial charge in [0.2, 0.25) is 4.80 Å². The van der Waals surface area contributed by atoms with Crippen molar-refractivity contribution in [1.82, 2.24) is 9.36 Å². The van der Waals surface area contributed by atoms with Crippen LogP contribution in [0, 0.1) is 5.82 Å². The first kappa shape index (κ1) is 13.8. The van der Waals surface area contributed by atoms with Crippen LogP contribution in [0.3, 0.4) is 0 Å². The third-order valence-electron chi connectivity index (χ3n) is 3.11. The molecule has 0 aliphatic carbocycles. The first-order chi connectivity index (χ1) is 9.56. The van der Waals surface area contributed by atoms with E-state index in [1.54, 1.807) is 9.36 Å². The highest BCUT2D eigenvalue weighted by atomic mass is 35.5. The normalized spacial score (nSPS) is 15.4. The van der Waals surface area contributed by atoms with Crippen molar-refractivity contribution in [3.63, 3.8) is 0 Å². The molecule has 2 aromatic rings. The largest absolute Gasteiger partial charge is 0.325 e. The Bertz CT molecular complexity index is 793. The number of halogens is 2. The quantitative estimate of drug-likeness (QED) is 0.792. The molecule has 0 atom stereocenters. The Morgan fingerprint density at radius 3 is 2.75 bits per heavy atom. The number of aromatic nitrogens is 2. The summed E-state index contributed by atoms with van der Waals surface area (Å²) in [5, 5.41) is 0.191. The summed E-state index contributed by atoms with van der Waals surface area (Å²) in [4.78, 5) is 16.8. The van der Waals surface area contributed by atoms with Crippen molar-refractivity contribution in [2.75, 3.05) is 0 Å². The third kappa shape index (κ3) is 2.41. The van der Waals surface area contributed by atoms with E-state index in [2.05, 4.69) is 4.99 Å². The van der Waals surface area contributed by atoms with Crippen molar-refractivity contribution in [1.29, 1.82) is 0 Å². The summed E-state index contributed by atoms with van der Waals surface area (Å²) in [5.41, 5.74) is 0.113. The van der Waals surface area contributed by atoms with Gasteiger partial charge >= 0.3 is 4.87 Å². The second-order valence-corrected chi connectivity index (χ2v) is 6.22. The van der Waals surface area contributed by atoms with Gasteiger partial charge in [-0.05, 0) is 36.3 Å². The van der Waals surface area contributed by atoms with Crippen LogP contribution in [0.15, 0.2) is 26.8 Å². The van der Waals surface area contributed by atoms with E-state index >= 15 is 0 Å². The number of nitrogens with zero attached hydrogens (tertiary/aromatic N) is 3. The Labute approximate surface area is 128 Å². The second kappa shape index (κ2) is 5.31. The molecule has 1 aromatic carbocycles. The zero-order chi connectivity index (χ0) is 14.3. The molecule has 0 fully saturated rings. The van der Waals surface area contributed by atoms with Crippen molar-refractivity contribution < 1.29 is 4.39 Å². The number of hydrogen-bond acceptors (Lipinski definition) is 3. The molecule has 3 rings (SSSR count). The maximum atomic E-state index is 13.8. The lowest BCUT2D eigenvalue weighted by molar-refractivity contribution is 0.345. The van der Waals surface area contributed by atoms with E-state index in [4.69, 9.17) is 24.2 Å². The molecular weight excluding hydrogens is 321 g/mol. The molecule has 2 heterocycles. The highest BCUT2D eigenvalue weighted by molar-refractivity contribution is 7.80. The van der Waals surface area contributed by atoms with Gasteiger partial charge in [0.15, 0.2) is 5.82 Å². The molecule has 1 radical (unpaired) electrons. The van der Waals surface area contributed by atoms with E-state index in [-0.39, 0.29) is 15.6 Å². The molecule has 8 heteroatoms. The summed E-state index contributed by atoms with van der Waals surface area (Å²) in [6, 6.07) is 2.57. The molecule has 4 nitrogen and oxygen atoms in total. The van der Waals surface area contributed by atoms with E-state index in [0.29, 0.717) is 22.8 Å². The Hall–Kier alpha value is -1.18. The Balaban J connectivity index is 2.19. The van der Waals surface area contributed by atoms with Crippen molar-refractivity contribution in [3.8, 4) is 0 Å². The topological polar surface area (TPSA) is 39.3 Å². The zero-order valence-electron chi connectivity index (χ0n) is 10.3. The maximum absolute atomic E-state index is 13.8. The van der Waals surface area contributed by atoms with E-state index in [0.717, 1.165) is 30.2 Å². The minimum absolute atomic E-state index is 0.0728. The summed E-state index contributed by atoms with van der Waals surface area (Å²) < 4.78 is 17.3. The summed E-state index contributed by atoms with van der Waals surface area (Å²) in [6.45, 7) is 1.40. The third-order valence-corrected chi connectivity index (χ3v) is 4.74. The lowest BCUT2D eigenvalue weighted by Crippen LogP contribution is -2.31. The van der Waals surface area contributed by atoms with Gasteiger partial charge < -0.3 is 0 Å². The van der Waals surface area contributed by atoms with Gasteiger partial charge in [-0.15, -0.1) is 0 Å². The minimum Gasteiger partial charge on any atom is -0.256 e. The van der Waals surface area contributed by atoms with Gasteiger partial charge in [0.05, 0.1) is 9.92 Å². The SMILES string of the molecule is O=c1s/c(=N\c2cc([S])c(Cl)cc2F)n2n1CCCC2. The highest BCUT2D eigenvalue weighted by Crippen LogP contribution is 2.28. The van der Waals surface area contributed by atoms with E-state index in [1.165, 1.54) is 6.07 Å². The molecule has 0 bridgehead atoms. The van der Waals surface area contributed by atoms with Crippen molar-refractivity contribution in [2.24, 2.45) is 4.99 Å². The van der Waals surface area contributed by atoms with E-state index in [1.807, 2.05) is 0 Å². The molecule has 0 spiro atoms. The standard InChI is InChI=1S/C12H10ClFN3OS2/c13-7-5-8(14)9(6-10(7)19)15-11-16-3-1-2-4-17(16)12(18)20-11/h5-6H,1-4H2/b15-11-. The van der Waals surface area contributed by atoms with Crippen molar-refractivity contribution >= 4 is 41.3 Å². The fourth-order valence-corrected chi connectivity index (χ4v) is 3.34. The molecule has 20 heavy (non-hydrogen) atoms. The predicted molar refractivity (Wildman–Crippen MR) is 78.3 cm³/mol. The van der Waals surface area contributed by atoms with Crippen LogP contribution in [0.4, 0.5) is 10.1 Å². The van der Waals surface area contributed by atoms with Crippen LogP contribution in [0.5, 0.6) is 0 Å². The minimum atomic E-state index is -0.542. The highest BCUT2D eigenvalue weighted by Gasteiger charge is 2.14. The number of fused-ring (bicyclic) bond motifs is 1. The molecule has 1 aromatic heterocycles. The summed E-state index contributed by atoms with van der Waals surface area (Å²) >= 11 is 11.8. The van der Waals surface area contributed by atoms with Crippen LogP contribution in [0.1, 0.15) is 12.8 Å². The van der Waals surface area contributed by atoms with Gasteiger partial charge in [-0.3, -0.25) is 9.48 Å². The summed E-state index contributed by atoms with van der Waals surface area (Å²) in [6.07, 6.45) is 1.96. The molecule has 0 unspecified atom stereocenters. The van der Waals surface area contributed by atoms with Crippen LogP contribution in [-0.4, -0.2) is 9.36 Å². The molecule has 0 saturated heterocycles. The lowest BCUT2D eigenvalue weighted by Gasteiger charge is -2.15. The average Bonchev–Trinajstić information content (AvgIpc) is 2.74. The monoisotopic (exact) mass is 330 g/mol. The fraction of sp³-hybridized carbons (Fsp3) is 0.333. The molecule has 0 amide bonds. The smallest absolute Gasteiger partial charge is 0.256 e. The van der Waals surface area contributed by atoms with Gasteiger partial charge in [0.25, 0.3) is 0 Å². The Kier molecular flexibility index (Phi) is 3.66. The Morgan fingerprint density at radius 2 is 2.00 bits per heavy atom. The first-order valence-electron chi connectivity index (χ1n) is 6.08. The van der Waals surface area contributed by atoms with Crippen LogP contribution >= 0.6 is 35.6 Å². The molecule has 0 N–H and O–H groups in total. The molecule has 1 aliphatic rings. The fourth-order valence-electron chi connectivity index (χ4n) is 2.12. The number of rotatable bonds is 1. The average molecular weight is 331 g/mol. The van der Waals surface area contributed by atoms with Crippen molar-refractivity contribution in [3.05, 3.63) is 37.4 Å². The van der Waals surface area contributed by atoms with Crippen LogP contribution in [-0.2, 0) is 13.1 Å². The van der Waals surface area contributed by atoms with Gasteiger partial charge in [-0.1, -0.05) is 24.2 Å². The van der Waals surface area contributed by atoms with Gasteiger partial charge in [0.1, 0.15) is 5.69 Å². The Morgan fingerprint density at radius 1 is 1.30 bits per heavy atom. The van der Waals surface area contributed by atoms with E-state index in [9.17, 15) is 9.18 Å². The second-order valence-electron chi connectivity index (χ2n) is 4.45. The number of benzene rings is 1. The molecule has 1 aliphatic heterocycles. The molecular formula is C12H10ClFN3OS2. The lowest BCUT2D eigenvalue weighted by atomic mass is 10.3. The van der Waals surface area contributed by atoms with Crippen LogP contribution < -0.4 is 9.67 Å². The summed E-state index contributed by atoms with van der Waals surface area (Å²) in [7, 11) is 0. The summed E-state index contributed by atoms with van der Waals surface area (Å²) in [5.74, 6) is -0.542. The maximum Gasteiger partial charge on any atom is 0.325 e. The van der Waals surface area contributed by atoms with Crippen molar-refractivity contribution in [2.45, 2.75) is 30.8 Å². The first-order valence-corrected chi connectivity index (χ1v) is 7.68. The molecule has 105 valence electrons. The number of hydrogen-bond donors (Lipinski definition) is 0. The zero-order valence-corrected chi connectivity index (χ0v) is 12.7. The van der Waals surface area contributed by atoms with Gasteiger partial charge in [-0.25, -0.2) is 14.1 Å². The predicted octanol–water partition coefficient (Wildman–Crippen LogP) is 3.09. The molecule has 0 saturated carbocycles.